The molecule has 1 aromatic carbocycles. The van der Waals surface area contributed by atoms with Gasteiger partial charge in [-0.1, -0.05) is 6.08 Å². The number of hydrogen-bond donors (Lipinski definition) is 1. The normalized spacial score (nSPS) is 13.0. The molecule has 0 saturated heterocycles. The zero-order chi connectivity index (χ0) is 21.6. The van der Waals surface area contributed by atoms with E-state index in [4.69, 9.17) is 14.2 Å². The van der Waals surface area contributed by atoms with Crippen molar-refractivity contribution in [2.24, 2.45) is 0 Å². The minimum atomic E-state index is -0.835. The van der Waals surface area contributed by atoms with Crippen molar-refractivity contribution in [3.05, 3.63) is 53.4 Å². The number of carbonyl (C=O) groups excluding carboxylic acids is 3. The molecule has 154 valence electrons. The number of hydrogen-bond acceptors (Lipinski definition) is 9. The molecule has 9 heteroatoms. The number of aromatic hydroxyl groups is 1. The van der Waals surface area contributed by atoms with Crippen LogP contribution in [0, 0.1) is 0 Å². The Labute approximate surface area is 167 Å². The summed E-state index contributed by atoms with van der Waals surface area (Å²) in [6, 6.07) is 2.94. The first-order valence-corrected chi connectivity index (χ1v) is 8.39. The van der Waals surface area contributed by atoms with Gasteiger partial charge in [0.05, 0.1) is 46.1 Å². The Morgan fingerprint density at radius 3 is 2.24 bits per heavy atom. The molecule has 0 atom stereocenters. The molecule has 1 heterocycles. The zero-order valence-corrected chi connectivity index (χ0v) is 16.4. The third-order valence-corrected chi connectivity index (χ3v) is 4.06. The van der Waals surface area contributed by atoms with Crippen molar-refractivity contribution in [3.8, 4) is 11.5 Å². The lowest BCUT2D eigenvalue weighted by atomic mass is 10.1. The Hall–Kier alpha value is -3.75. The zero-order valence-electron chi connectivity index (χ0n) is 16.4. The third-order valence-electron chi connectivity index (χ3n) is 4.06. The van der Waals surface area contributed by atoms with Crippen molar-refractivity contribution in [2.45, 2.75) is 6.42 Å². The number of carbonyl (C=O) groups is 3. The standard InChI is InChI=1S/C20H21NO8/c1-26-15-10-12(11-16(22)27-2)9-14(18(15)23)21-8-6-5-7-13(19(24)28-3)17(21)20(25)29-4/h5-10,23H,11H2,1-4H3. The molecule has 0 radical (unpaired) electrons. The van der Waals surface area contributed by atoms with Crippen molar-refractivity contribution >= 4 is 23.6 Å². The quantitative estimate of drug-likeness (QED) is 0.559. The van der Waals surface area contributed by atoms with Gasteiger partial charge in [0.1, 0.15) is 5.70 Å². The number of allylic oxidation sites excluding steroid dienone is 2. The SMILES string of the molecule is COC(=O)Cc1cc(OC)c(O)c(N2C=CC=CC(C(=O)OC)=C2C(=O)OC)c1. The summed E-state index contributed by atoms with van der Waals surface area (Å²) < 4.78 is 19.5. The van der Waals surface area contributed by atoms with Crippen LogP contribution in [0.2, 0.25) is 0 Å². The lowest BCUT2D eigenvalue weighted by Crippen LogP contribution is -2.27. The largest absolute Gasteiger partial charge is 0.503 e. The van der Waals surface area contributed by atoms with Gasteiger partial charge in [0.15, 0.2) is 11.5 Å². The van der Waals surface area contributed by atoms with Gasteiger partial charge >= 0.3 is 17.9 Å². The maximum Gasteiger partial charge on any atom is 0.355 e. The molecule has 0 unspecified atom stereocenters. The highest BCUT2D eigenvalue weighted by Gasteiger charge is 2.30. The Morgan fingerprint density at radius 1 is 0.966 bits per heavy atom. The van der Waals surface area contributed by atoms with E-state index in [0.717, 1.165) is 7.11 Å². The molecular formula is C20H21NO8. The second kappa shape index (κ2) is 9.45. The Balaban J connectivity index is 2.74. The lowest BCUT2D eigenvalue weighted by Gasteiger charge is -2.25. The number of esters is 3. The Kier molecular flexibility index (Phi) is 7.02. The average molecular weight is 403 g/mol. The summed E-state index contributed by atoms with van der Waals surface area (Å²) >= 11 is 0. The van der Waals surface area contributed by atoms with E-state index in [-0.39, 0.29) is 34.9 Å². The molecule has 1 N–H and O–H groups in total. The molecular weight excluding hydrogens is 382 g/mol. The number of rotatable bonds is 6. The third kappa shape index (κ3) is 4.57. The summed E-state index contributed by atoms with van der Waals surface area (Å²) in [7, 11) is 4.94. The molecule has 0 fully saturated rings. The van der Waals surface area contributed by atoms with Crippen LogP contribution in [-0.2, 0) is 35.0 Å². The van der Waals surface area contributed by atoms with Crippen LogP contribution in [-0.4, -0.2) is 51.5 Å². The molecule has 0 aliphatic carbocycles. The van der Waals surface area contributed by atoms with E-state index in [9.17, 15) is 19.5 Å². The lowest BCUT2D eigenvalue weighted by molar-refractivity contribution is -0.140. The molecule has 1 aliphatic heterocycles. The number of anilines is 1. The molecule has 0 bridgehead atoms. The number of phenolic OH excluding ortho intramolecular Hbond substituents is 1. The number of benzene rings is 1. The van der Waals surface area contributed by atoms with Crippen molar-refractivity contribution in [1.82, 2.24) is 0 Å². The fourth-order valence-electron chi connectivity index (χ4n) is 2.68. The Morgan fingerprint density at radius 2 is 1.66 bits per heavy atom. The van der Waals surface area contributed by atoms with Gasteiger partial charge in [-0.2, -0.15) is 0 Å². The van der Waals surface area contributed by atoms with Gasteiger partial charge in [-0.25, -0.2) is 9.59 Å². The number of phenols is 1. The van der Waals surface area contributed by atoms with Crippen molar-refractivity contribution in [1.29, 1.82) is 0 Å². The summed E-state index contributed by atoms with van der Waals surface area (Å²) in [6.07, 6.45) is 5.83. The number of ether oxygens (including phenoxy) is 4. The van der Waals surface area contributed by atoms with E-state index in [1.165, 1.54) is 56.7 Å². The predicted octanol–water partition coefficient (Wildman–Crippen LogP) is 1.61. The van der Waals surface area contributed by atoms with Gasteiger partial charge in [0.25, 0.3) is 0 Å². The summed E-state index contributed by atoms with van der Waals surface area (Å²) in [6.45, 7) is 0. The van der Waals surface area contributed by atoms with Crippen LogP contribution >= 0.6 is 0 Å². The van der Waals surface area contributed by atoms with Crippen LogP contribution in [0.25, 0.3) is 0 Å². The van der Waals surface area contributed by atoms with Gasteiger partial charge < -0.3 is 29.0 Å². The van der Waals surface area contributed by atoms with E-state index in [0.29, 0.717) is 5.56 Å². The van der Waals surface area contributed by atoms with E-state index < -0.39 is 17.9 Å². The van der Waals surface area contributed by atoms with Crippen LogP contribution < -0.4 is 9.64 Å². The Bertz CT molecular complexity index is 913. The van der Waals surface area contributed by atoms with Gasteiger partial charge in [-0.15, -0.1) is 0 Å². The van der Waals surface area contributed by atoms with Gasteiger partial charge in [0, 0.05) is 6.20 Å². The van der Waals surface area contributed by atoms with E-state index >= 15 is 0 Å². The molecule has 0 spiro atoms. The van der Waals surface area contributed by atoms with Crippen molar-refractivity contribution < 1.29 is 38.4 Å². The molecule has 0 amide bonds. The molecule has 0 saturated carbocycles. The highest BCUT2D eigenvalue weighted by atomic mass is 16.5. The first-order chi connectivity index (χ1) is 13.9. The average Bonchev–Trinajstić information content (AvgIpc) is 2.96. The van der Waals surface area contributed by atoms with Crippen LogP contribution in [0.3, 0.4) is 0 Å². The summed E-state index contributed by atoms with van der Waals surface area (Å²) in [5, 5.41) is 10.7. The molecule has 9 nitrogen and oxygen atoms in total. The van der Waals surface area contributed by atoms with Gasteiger partial charge in [-0.3, -0.25) is 4.79 Å². The fraction of sp³-hybridized carbons (Fsp3) is 0.250. The van der Waals surface area contributed by atoms with Crippen LogP contribution in [0.5, 0.6) is 11.5 Å². The van der Waals surface area contributed by atoms with Gasteiger partial charge in [0.2, 0.25) is 0 Å². The molecule has 29 heavy (non-hydrogen) atoms. The van der Waals surface area contributed by atoms with Crippen molar-refractivity contribution in [2.75, 3.05) is 33.3 Å². The fourth-order valence-corrected chi connectivity index (χ4v) is 2.68. The maximum atomic E-state index is 12.5. The smallest absolute Gasteiger partial charge is 0.355 e. The van der Waals surface area contributed by atoms with Crippen molar-refractivity contribution in [3.63, 3.8) is 0 Å². The summed E-state index contributed by atoms with van der Waals surface area (Å²) in [5.41, 5.74) is 0.277. The second-order valence-corrected chi connectivity index (χ2v) is 5.73. The summed E-state index contributed by atoms with van der Waals surface area (Å²) in [5.74, 6) is -2.35. The van der Waals surface area contributed by atoms with Crippen LogP contribution in [0.1, 0.15) is 5.56 Å². The summed E-state index contributed by atoms with van der Waals surface area (Å²) in [4.78, 5) is 37.7. The van der Waals surface area contributed by atoms with E-state index in [1.807, 2.05) is 0 Å². The predicted molar refractivity (Wildman–Crippen MR) is 102 cm³/mol. The van der Waals surface area contributed by atoms with Crippen LogP contribution in [0.4, 0.5) is 5.69 Å². The highest BCUT2D eigenvalue weighted by molar-refractivity contribution is 6.05. The topological polar surface area (TPSA) is 112 Å². The number of nitrogens with zero attached hydrogens (tertiary/aromatic N) is 1. The molecule has 0 aromatic heterocycles. The van der Waals surface area contributed by atoms with Gasteiger partial charge in [-0.05, 0) is 29.8 Å². The molecule has 1 aromatic rings. The minimum absolute atomic E-state index is 0.0656. The van der Waals surface area contributed by atoms with E-state index in [1.54, 1.807) is 6.08 Å². The first-order valence-electron chi connectivity index (χ1n) is 8.39. The molecule has 1 aliphatic rings. The second-order valence-electron chi connectivity index (χ2n) is 5.73. The minimum Gasteiger partial charge on any atom is -0.503 e. The monoisotopic (exact) mass is 403 g/mol. The van der Waals surface area contributed by atoms with E-state index in [2.05, 4.69) is 4.74 Å². The maximum absolute atomic E-state index is 12.5. The first kappa shape index (κ1) is 21.5. The highest BCUT2D eigenvalue weighted by Crippen LogP contribution is 2.41. The number of methoxy groups -OCH3 is 4. The molecule has 2 rings (SSSR count). The van der Waals surface area contributed by atoms with Crippen LogP contribution in [0.15, 0.2) is 47.8 Å².